The van der Waals surface area contributed by atoms with E-state index in [0.717, 1.165) is 10.6 Å². The lowest BCUT2D eigenvalue weighted by Gasteiger charge is -2.33. The third-order valence-electron chi connectivity index (χ3n) is 4.88. The van der Waals surface area contributed by atoms with E-state index in [9.17, 15) is 22.4 Å². The standard InChI is InChI=1S/C23H29BrFN3O4S/c1-5-20(23(30)26-16(2)3)27(14-17-10-12-18(25)13-11-17)22(29)15-28(33(4,31)32)21-9-7-6-8-19(21)24/h6-13,16,20H,5,14-15H2,1-4H3,(H,26,30). The number of rotatable bonds is 10. The predicted octanol–water partition coefficient (Wildman–Crippen LogP) is 3.69. The molecule has 0 spiro atoms. The summed E-state index contributed by atoms with van der Waals surface area (Å²) in [7, 11) is -3.81. The summed E-state index contributed by atoms with van der Waals surface area (Å²) in [6, 6.07) is 11.3. The van der Waals surface area contributed by atoms with Gasteiger partial charge >= 0.3 is 0 Å². The quantitative estimate of drug-likeness (QED) is 0.497. The van der Waals surface area contributed by atoms with Gasteiger partial charge in [-0.2, -0.15) is 0 Å². The lowest BCUT2D eigenvalue weighted by Crippen LogP contribution is -2.53. The molecule has 1 unspecified atom stereocenters. The minimum atomic E-state index is -3.81. The lowest BCUT2D eigenvalue weighted by molar-refractivity contribution is -0.140. The van der Waals surface area contributed by atoms with Crippen LogP contribution in [0.2, 0.25) is 0 Å². The molecule has 33 heavy (non-hydrogen) atoms. The zero-order chi connectivity index (χ0) is 24.8. The summed E-state index contributed by atoms with van der Waals surface area (Å²) in [6.07, 6.45) is 1.34. The third kappa shape index (κ3) is 7.53. The molecule has 2 amide bonds. The summed E-state index contributed by atoms with van der Waals surface area (Å²) in [4.78, 5) is 27.7. The Morgan fingerprint density at radius 1 is 1.09 bits per heavy atom. The summed E-state index contributed by atoms with van der Waals surface area (Å²) in [5.74, 6) is -1.31. The Hall–Kier alpha value is -2.46. The number of carbonyl (C=O) groups excluding carboxylic acids is 2. The number of halogens is 2. The van der Waals surface area contributed by atoms with Crippen LogP contribution in [0.5, 0.6) is 0 Å². The molecule has 10 heteroatoms. The van der Waals surface area contributed by atoms with E-state index in [1.807, 2.05) is 13.8 Å². The highest BCUT2D eigenvalue weighted by Crippen LogP contribution is 2.28. The van der Waals surface area contributed by atoms with Crippen molar-refractivity contribution in [3.8, 4) is 0 Å². The second-order valence-electron chi connectivity index (χ2n) is 7.96. The minimum absolute atomic E-state index is 0.0245. The van der Waals surface area contributed by atoms with E-state index in [1.54, 1.807) is 31.2 Å². The molecule has 0 saturated heterocycles. The molecule has 1 N–H and O–H groups in total. The molecule has 0 heterocycles. The monoisotopic (exact) mass is 541 g/mol. The Bertz CT molecular complexity index is 1080. The Labute approximate surface area is 203 Å². The summed E-state index contributed by atoms with van der Waals surface area (Å²) < 4.78 is 40.0. The Morgan fingerprint density at radius 3 is 2.21 bits per heavy atom. The van der Waals surface area contributed by atoms with E-state index in [4.69, 9.17) is 0 Å². The molecule has 0 aliphatic heterocycles. The van der Waals surface area contributed by atoms with Gasteiger partial charge in [0.1, 0.15) is 18.4 Å². The second kappa shape index (κ2) is 11.6. The van der Waals surface area contributed by atoms with Crippen molar-refractivity contribution in [2.75, 3.05) is 17.1 Å². The van der Waals surface area contributed by atoms with Crippen LogP contribution < -0.4 is 9.62 Å². The molecule has 0 saturated carbocycles. The van der Waals surface area contributed by atoms with Crippen LogP contribution in [0.3, 0.4) is 0 Å². The molecule has 0 radical (unpaired) electrons. The van der Waals surface area contributed by atoms with Crippen molar-refractivity contribution in [1.29, 1.82) is 0 Å². The van der Waals surface area contributed by atoms with Gasteiger partial charge in [0.25, 0.3) is 0 Å². The van der Waals surface area contributed by atoms with Gasteiger partial charge in [0.05, 0.1) is 11.9 Å². The van der Waals surface area contributed by atoms with Gasteiger partial charge in [-0.25, -0.2) is 12.8 Å². The fourth-order valence-electron chi connectivity index (χ4n) is 3.34. The topological polar surface area (TPSA) is 86.8 Å². The largest absolute Gasteiger partial charge is 0.352 e. The summed E-state index contributed by atoms with van der Waals surface area (Å²) in [5.41, 5.74) is 0.933. The van der Waals surface area contributed by atoms with Crippen LogP contribution in [0.15, 0.2) is 53.0 Å². The SMILES string of the molecule is CCC(C(=O)NC(C)C)N(Cc1ccc(F)cc1)C(=O)CN(c1ccccc1Br)S(C)(=O)=O. The maximum Gasteiger partial charge on any atom is 0.244 e. The predicted molar refractivity (Wildman–Crippen MR) is 131 cm³/mol. The zero-order valence-electron chi connectivity index (χ0n) is 19.1. The van der Waals surface area contributed by atoms with Crippen molar-refractivity contribution < 1.29 is 22.4 Å². The fraction of sp³-hybridized carbons (Fsp3) is 0.391. The van der Waals surface area contributed by atoms with Gasteiger partial charge in [-0.05, 0) is 66.0 Å². The number of nitrogens with zero attached hydrogens (tertiary/aromatic N) is 2. The Morgan fingerprint density at radius 2 is 1.70 bits per heavy atom. The summed E-state index contributed by atoms with van der Waals surface area (Å²) in [5, 5.41) is 2.82. The third-order valence-corrected chi connectivity index (χ3v) is 6.68. The van der Waals surface area contributed by atoms with Crippen LogP contribution in [0.4, 0.5) is 10.1 Å². The number of carbonyl (C=O) groups is 2. The molecule has 1 atom stereocenters. The van der Waals surface area contributed by atoms with E-state index < -0.39 is 34.3 Å². The van der Waals surface area contributed by atoms with Crippen LogP contribution in [-0.2, 0) is 26.2 Å². The molecule has 2 rings (SSSR count). The number of nitrogens with one attached hydrogen (secondary N) is 1. The molecule has 2 aromatic rings. The molecule has 0 aromatic heterocycles. The maximum atomic E-state index is 13.5. The average molecular weight is 542 g/mol. The number of hydrogen-bond donors (Lipinski definition) is 1. The Balaban J connectivity index is 2.44. The van der Waals surface area contributed by atoms with E-state index in [0.29, 0.717) is 22.1 Å². The molecule has 0 aliphatic rings. The van der Waals surface area contributed by atoms with Crippen molar-refractivity contribution in [3.63, 3.8) is 0 Å². The number of amides is 2. The smallest absolute Gasteiger partial charge is 0.244 e. The highest BCUT2D eigenvalue weighted by atomic mass is 79.9. The van der Waals surface area contributed by atoms with Crippen molar-refractivity contribution in [1.82, 2.24) is 10.2 Å². The molecule has 2 aromatic carbocycles. The first-order chi connectivity index (χ1) is 15.4. The van der Waals surface area contributed by atoms with Crippen LogP contribution in [-0.4, -0.2) is 50.0 Å². The molecule has 7 nitrogen and oxygen atoms in total. The molecule has 0 aliphatic carbocycles. The van der Waals surface area contributed by atoms with Crippen molar-refractivity contribution in [3.05, 3.63) is 64.4 Å². The second-order valence-corrected chi connectivity index (χ2v) is 10.7. The van der Waals surface area contributed by atoms with E-state index in [1.165, 1.54) is 29.2 Å². The van der Waals surface area contributed by atoms with E-state index in [-0.39, 0.29) is 18.5 Å². The number of benzene rings is 2. The summed E-state index contributed by atoms with van der Waals surface area (Å²) in [6.45, 7) is 4.94. The van der Waals surface area contributed by atoms with Gasteiger partial charge in [-0.1, -0.05) is 31.2 Å². The van der Waals surface area contributed by atoms with Gasteiger partial charge < -0.3 is 10.2 Å². The number of sulfonamides is 1. The van der Waals surface area contributed by atoms with Crippen molar-refractivity contribution >= 4 is 43.5 Å². The molecule has 0 bridgehead atoms. The first kappa shape index (κ1) is 26.8. The van der Waals surface area contributed by atoms with Crippen LogP contribution in [0.25, 0.3) is 0 Å². The highest BCUT2D eigenvalue weighted by molar-refractivity contribution is 9.10. The van der Waals surface area contributed by atoms with Crippen molar-refractivity contribution in [2.45, 2.75) is 45.8 Å². The van der Waals surface area contributed by atoms with Gasteiger partial charge in [0.2, 0.25) is 21.8 Å². The minimum Gasteiger partial charge on any atom is -0.352 e. The first-order valence-electron chi connectivity index (χ1n) is 10.5. The average Bonchev–Trinajstić information content (AvgIpc) is 2.72. The zero-order valence-corrected chi connectivity index (χ0v) is 21.5. The molecule has 0 fully saturated rings. The van der Waals surface area contributed by atoms with Crippen LogP contribution in [0.1, 0.15) is 32.8 Å². The first-order valence-corrected chi connectivity index (χ1v) is 13.1. The summed E-state index contributed by atoms with van der Waals surface area (Å²) >= 11 is 3.34. The van der Waals surface area contributed by atoms with E-state index in [2.05, 4.69) is 21.2 Å². The normalized spacial score (nSPS) is 12.3. The van der Waals surface area contributed by atoms with Crippen LogP contribution >= 0.6 is 15.9 Å². The fourth-order valence-corrected chi connectivity index (χ4v) is 4.81. The van der Waals surface area contributed by atoms with Gasteiger partial charge in [0.15, 0.2) is 0 Å². The lowest BCUT2D eigenvalue weighted by atomic mass is 10.1. The Kier molecular flexibility index (Phi) is 9.42. The van der Waals surface area contributed by atoms with Crippen LogP contribution in [0, 0.1) is 5.82 Å². The molecule has 180 valence electrons. The number of hydrogen-bond acceptors (Lipinski definition) is 4. The number of anilines is 1. The van der Waals surface area contributed by atoms with Crippen molar-refractivity contribution in [2.24, 2.45) is 0 Å². The maximum absolute atomic E-state index is 13.5. The van der Waals surface area contributed by atoms with E-state index >= 15 is 0 Å². The van der Waals surface area contributed by atoms with Gasteiger partial charge in [-0.3, -0.25) is 13.9 Å². The molecular weight excluding hydrogens is 513 g/mol. The van der Waals surface area contributed by atoms with Gasteiger partial charge in [0, 0.05) is 17.1 Å². The van der Waals surface area contributed by atoms with Gasteiger partial charge in [-0.15, -0.1) is 0 Å². The highest BCUT2D eigenvalue weighted by Gasteiger charge is 2.32. The molecular formula is C23H29BrFN3O4S. The number of para-hydroxylation sites is 1.